The number of hydrogen-bond donors (Lipinski definition) is 2. The number of nitrogen functional groups attached to an aromatic ring is 1. The fraction of sp³-hybridized carbons (Fsp3) is 0.500. The largest absolute Gasteiger partial charge is 0.397 e. The molecule has 0 heterocycles. The third-order valence-electron chi connectivity index (χ3n) is 2.89. The van der Waals surface area contributed by atoms with Crippen LogP contribution in [-0.4, -0.2) is 19.0 Å². The maximum Gasteiger partial charge on any atom is 0.224 e. The Balaban J connectivity index is 2.82. The molecule has 0 radical (unpaired) electrons. The van der Waals surface area contributed by atoms with Crippen LogP contribution >= 0.6 is 0 Å². The molecule has 0 fully saturated rings. The van der Waals surface area contributed by atoms with E-state index in [1.54, 1.807) is 0 Å². The van der Waals surface area contributed by atoms with Crippen molar-refractivity contribution in [3.63, 3.8) is 0 Å². The van der Waals surface area contributed by atoms with Gasteiger partial charge in [0.1, 0.15) is 0 Å². The second-order valence-corrected chi connectivity index (χ2v) is 4.24. The molecular formula is C14H23N3O. The lowest BCUT2D eigenvalue weighted by molar-refractivity contribution is -0.116. The molecule has 0 spiro atoms. The number of nitrogens with one attached hydrogen (secondary N) is 1. The van der Waals surface area contributed by atoms with Gasteiger partial charge >= 0.3 is 0 Å². The highest BCUT2D eigenvalue weighted by molar-refractivity contribution is 5.92. The third-order valence-corrected chi connectivity index (χ3v) is 2.89. The van der Waals surface area contributed by atoms with E-state index in [1.165, 1.54) is 0 Å². The highest BCUT2D eigenvalue weighted by Crippen LogP contribution is 2.26. The van der Waals surface area contributed by atoms with Crippen LogP contribution in [0.4, 0.5) is 17.1 Å². The van der Waals surface area contributed by atoms with Gasteiger partial charge in [-0.05, 0) is 38.5 Å². The van der Waals surface area contributed by atoms with Gasteiger partial charge in [-0.25, -0.2) is 0 Å². The lowest BCUT2D eigenvalue weighted by Crippen LogP contribution is -2.23. The number of carbonyl (C=O) groups is 1. The monoisotopic (exact) mass is 249 g/mol. The number of nitrogens with two attached hydrogens (primary N) is 1. The zero-order chi connectivity index (χ0) is 13.5. The molecule has 1 aromatic rings. The van der Waals surface area contributed by atoms with E-state index in [0.29, 0.717) is 12.1 Å². The molecule has 18 heavy (non-hydrogen) atoms. The number of hydrogen-bond acceptors (Lipinski definition) is 3. The van der Waals surface area contributed by atoms with Crippen molar-refractivity contribution in [1.29, 1.82) is 0 Å². The molecule has 4 nitrogen and oxygen atoms in total. The number of anilines is 3. The fourth-order valence-electron chi connectivity index (χ4n) is 1.94. The number of carbonyl (C=O) groups excluding carboxylic acids is 1. The van der Waals surface area contributed by atoms with Crippen molar-refractivity contribution in [2.45, 2.75) is 33.6 Å². The minimum Gasteiger partial charge on any atom is -0.397 e. The van der Waals surface area contributed by atoms with Gasteiger partial charge in [-0.2, -0.15) is 0 Å². The Morgan fingerprint density at radius 1 is 1.28 bits per heavy atom. The van der Waals surface area contributed by atoms with Crippen LogP contribution in [0.25, 0.3) is 0 Å². The summed E-state index contributed by atoms with van der Waals surface area (Å²) < 4.78 is 0. The molecule has 0 bridgehead atoms. The summed E-state index contributed by atoms with van der Waals surface area (Å²) in [5, 5.41) is 2.85. The number of rotatable bonds is 6. The first-order chi connectivity index (χ1) is 8.62. The Morgan fingerprint density at radius 2 is 1.94 bits per heavy atom. The summed E-state index contributed by atoms with van der Waals surface area (Å²) in [7, 11) is 0. The zero-order valence-corrected chi connectivity index (χ0v) is 11.5. The molecule has 0 aliphatic rings. The second-order valence-electron chi connectivity index (χ2n) is 4.24. The highest BCUT2D eigenvalue weighted by Gasteiger charge is 2.08. The van der Waals surface area contributed by atoms with Gasteiger partial charge in [0.25, 0.3) is 0 Å². The Morgan fingerprint density at radius 3 is 2.44 bits per heavy atom. The molecule has 4 heteroatoms. The van der Waals surface area contributed by atoms with Gasteiger partial charge in [0.15, 0.2) is 0 Å². The molecule has 0 aromatic heterocycles. The van der Waals surface area contributed by atoms with Crippen LogP contribution in [0.3, 0.4) is 0 Å². The highest BCUT2D eigenvalue weighted by atomic mass is 16.1. The molecule has 0 aliphatic carbocycles. The second kappa shape index (κ2) is 6.89. The molecule has 100 valence electrons. The number of nitrogens with zero attached hydrogens (tertiary/aromatic N) is 1. The summed E-state index contributed by atoms with van der Waals surface area (Å²) in [5.74, 6) is 0.0347. The minimum atomic E-state index is 0.0347. The summed E-state index contributed by atoms with van der Waals surface area (Å²) >= 11 is 0. The van der Waals surface area contributed by atoms with Gasteiger partial charge in [0, 0.05) is 25.2 Å². The predicted octanol–water partition coefficient (Wildman–Crippen LogP) is 2.85. The lowest BCUT2D eigenvalue weighted by Gasteiger charge is -2.23. The molecule has 0 saturated carbocycles. The third kappa shape index (κ3) is 3.65. The summed E-state index contributed by atoms with van der Waals surface area (Å²) in [6.07, 6.45) is 1.39. The van der Waals surface area contributed by atoms with Gasteiger partial charge in [0.05, 0.1) is 11.4 Å². The standard InChI is InChI=1S/C14H23N3O/c1-4-7-14(18)16-11-8-9-13(12(15)10-11)17(5-2)6-3/h8-10H,4-7,15H2,1-3H3,(H,16,18). The first-order valence-electron chi connectivity index (χ1n) is 6.56. The smallest absolute Gasteiger partial charge is 0.224 e. The average Bonchev–Trinajstić information content (AvgIpc) is 2.33. The van der Waals surface area contributed by atoms with Gasteiger partial charge in [0.2, 0.25) is 5.91 Å². The Labute approximate surface area is 109 Å². The van der Waals surface area contributed by atoms with Crippen LogP contribution in [0.5, 0.6) is 0 Å². The van der Waals surface area contributed by atoms with Crippen LogP contribution in [-0.2, 0) is 4.79 Å². The van der Waals surface area contributed by atoms with E-state index in [0.717, 1.165) is 30.9 Å². The summed E-state index contributed by atoms with van der Waals surface area (Å²) in [4.78, 5) is 13.7. The number of amides is 1. The average molecular weight is 249 g/mol. The first kappa shape index (κ1) is 14.4. The van der Waals surface area contributed by atoms with Gasteiger partial charge in [-0.1, -0.05) is 6.92 Å². The van der Waals surface area contributed by atoms with Crippen molar-refractivity contribution in [3.8, 4) is 0 Å². The van der Waals surface area contributed by atoms with Crippen LogP contribution in [0, 0.1) is 0 Å². The van der Waals surface area contributed by atoms with E-state index in [4.69, 9.17) is 5.73 Å². The SMILES string of the molecule is CCCC(=O)Nc1ccc(N(CC)CC)c(N)c1. The Hall–Kier alpha value is -1.71. The van der Waals surface area contributed by atoms with E-state index in [1.807, 2.05) is 25.1 Å². The van der Waals surface area contributed by atoms with Crippen LogP contribution in [0.15, 0.2) is 18.2 Å². The van der Waals surface area contributed by atoms with E-state index >= 15 is 0 Å². The van der Waals surface area contributed by atoms with Crippen molar-refractivity contribution in [1.82, 2.24) is 0 Å². The number of benzene rings is 1. The molecule has 0 aliphatic heterocycles. The van der Waals surface area contributed by atoms with E-state index in [9.17, 15) is 4.79 Å². The molecule has 0 atom stereocenters. The van der Waals surface area contributed by atoms with Gasteiger partial charge in [-0.15, -0.1) is 0 Å². The minimum absolute atomic E-state index is 0.0347. The maximum absolute atomic E-state index is 11.5. The van der Waals surface area contributed by atoms with Crippen LogP contribution < -0.4 is 16.0 Å². The molecule has 0 saturated heterocycles. The predicted molar refractivity (Wildman–Crippen MR) is 78.0 cm³/mol. The van der Waals surface area contributed by atoms with Crippen LogP contribution in [0.2, 0.25) is 0 Å². The zero-order valence-electron chi connectivity index (χ0n) is 11.5. The van der Waals surface area contributed by atoms with E-state index < -0.39 is 0 Å². The lowest BCUT2D eigenvalue weighted by atomic mass is 10.2. The Bertz CT molecular complexity index is 400. The van der Waals surface area contributed by atoms with Crippen molar-refractivity contribution in [3.05, 3.63) is 18.2 Å². The van der Waals surface area contributed by atoms with Gasteiger partial charge in [-0.3, -0.25) is 4.79 Å². The van der Waals surface area contributed by atoms with Crippen LogP contribution in [0.1, 0.15) is 33.6 Å². The summed E-state index contributed by atoms with van der Waals surface area (Å²) in [6, 6.07) is 5.68. The quantitative estimate of drug-likeness (QED) is 0.762. The molecule has 1 rings (SSSR count). The molecular weight excluding hydrogens is 226 g/mol. The molecule has 3 N–H and O–H groups in total. The molecule has 0 unspecified atom stereocenters. The maximum atomic E-state index is 11.5. The molecule has 1 aromatic carbocycles. The van der Waals surface area contributed by atoms with Crippen molar-refractivity contribution in [2.24, 2.45) is 0 Å². The molecule has 1 amide bonds. The van der Waals surface area contributed by atoms with Crippen molar-refractivity contribution < 1.29 is 4.79 Å². The summed E-state index contributed by atoms with van der Waals surface area (Å²) in [5.41, 5.74) is 8.52. The van der Waals surface area contributed by atoms with Crippen molar-refractivity contribution >= 4 is 23.0 Å². The summed E-state index contributed by atoms with van der Waals surface area (Å²) in [6.45, 7) is 8.02. The van der Waals surface area contributed by atoms with E-state index in [-0.39, 0.29) is 5.91 Å². The van der Waals surface area contributed by atoms with E-state index in [2.05, 4.69) is 24.1 Å². The fourth-order valence-corrected chi connectivity index (χ4v) is 1.94. The Kier molecular flexibility index (Phi) is 5.49. The topological polar surface area (TPSA) is 58.4 Å². The van der Waals surface area contributed by atoms with Gasteiger partial charge < -0.3 is 16.0 Å². The normalized spacial score (nSPS) is 10.2. The van der Waals surface area contributed by atoms with Crippen molar-refractivity contribution in [2.75, 3.05) is 29.0 Å². The first-order valence-corrected chi connectivity index (χ1v) is 6.56.